The van der Waals surface area contributed by atoms with Gasteiger partial charge < -0.3 is 4.74 Å². The van der Waals surface area contributed by atoms with Crippen molar-refractivity contribution >= 4 is 0 Å². The Labute approximate surface area is 101 Å². The van der Waals surface area contributed by atoms with Crippen LogP contribution in [0, 0.1) is 5.92 Å². The lowest BCUT2D eigenvalue weighted by Crippen LogP contribution is -2.51. The molecule has 16 heavy (non-hydrogen) atoms. The first-order valence-corrected chi connectivity index (χ1v) is 6.53. The van der Waals surface area contributed by atoms with E-state index < -0.39 is 0 Å². The molecule has 0 bridgehead atoms. The van der Waals surface area contributed by atoms with Gasteiger partial charge in [0, 0.05) is 45.9 Å². The average Bonchev–Trinajstić information content (AvgIpc) is 2.26. The summed E-state index contributed by atoms with van der Waals surface area (Å²) in [6.45, 7) is 14.9. The van der Waals surface area contributed by atoms with Gasteiger partial charge in [-0.3, -0.25) is 9.80 Å². The summed E-state index contributed by atoms with van der Waals surface area (Å²) in [7, 11) is 1.83. The summed E-state index contributed by atoms with van der Waals surface area (Å²) >= 11 is 0. The molecule has 3 heteroatoms. The number of methoxy groups -OCH3 is 1. The van der Waals surface area contributed by atoms with Gasteiger partial charge in [-0.1, -0.05) is 13.8 Å². The molecule has 3 nitrogen and oxygen atoms in total. The van der Waals surface area contributed by atoms with Crippen molar-refractivity contribution in [2.45, 2.75) is 39.8 Å². The van der Waals surface area contributed by atoms with Crippen molar-refractivity contribution in [1.82, 2.24) is 9.80 Å². The highest BCUT2D eigenvalue weighted by atomic mass is 16.5. The van der Waals surface area contributed by atoms with Crippen LogP contribution in [0.25, 0.3) is 0 Å². The molecule has 0 aromatic carbocycles. The molecule has 0 amide bonds. The summed E-state index contributed by atoms with van der Waals surface area (Å²) in [5.41, 5.74) is 0. The summed E-state index contributed by atoms with van der Waals surface area (Å²) in [5.74, 6) is 0.605. The van der Waals surface area contributed by atoms with Crippen LogP contribution in [0.15, 0.2) is 0 Å². The summed E-state index contributed by atoms with van der Waals surface area (Å²) in [6.07, 6.45) is 0.380. The van der Waals surface area contributed by atoms with Crippen LogP contribution in [0.5, 0.6) is 0 Å². The van der Waals surface area contributed by atoms with E-state index >= 15 is 0 Å². The van der Waals surface area contributed by atoms with Gasteiger partial charge in [-0.05, 0) is 19.8 Å². The molecule has 0 spiro atoms. The van der Waals surface area contributed by atoms with E-state index in [2.05, 4.69) is 37.5 Å². The molecule has 1 aliphatic rings. The number of hydrogen-bond donors (Lipinski definition) is 0. The number of hydrogen-bond acceptors (Lipinski definition) is 3. The largest absolute Gasteiger partial charge is 0.380 e. The molecule has 1 aliphatic heterocycles. The van der Waals surface area contributed by atoms with Gasteiger partial charge in [0.15, 0.2) is 0 Å². The van der Waals surface area contributed by atoms with Gasteiger partial charge in [0.05, 0.1) is 6.10 Å². The lowest BCUT2D eigenvalue weighted by molar-refractivity contribution is 0.0138. The Morgan fingerprint density at radius 1 is 1.00 bits per heavy atom. The summed E-state index contributed by atoms with van der Waals surface area (Å²) in [6, 6.07) is 0.686. The zero-order chi connectivity index (χ0) is 12.1. The molecule has 0 aliphatic carbocycles. The third-order valence-corrected chi connectivity index (χ3v) is 3.62. The SMILES string of the molecule is COC(CN1CCN(C(C)C)CC1)C(C)C. The fourth-order valence-corrected chi connectivity index (χ4v) is 2.27. The lowest BCUT2D eigenvalue weighted by Gasteiger charge is -2.38. The molecule has 0 radical (unpaired) electrons. The third-order valence-electron chi connectivity index (χ3n) is 3.62. The van der Waals surface area contributed by atoms with E-state index in [1.165, 1.54) is 26.2 Å². The Balaban J connectivity index is 2.31. The standard InChI is InChI=1S/C13H28N2O/c1-11(2)13(16-5)10-14-6-8-15(9-7-14)12(3)4/h11-13H,6-10H2,1-5H3. The van der Waals surface area contributed by atoms with Crippen LogP contribution >= 0.6 is 0 Å². The molecule has 0 saturated carbocycles. The van der Waals surface area contributed by atoms with E-state index in [1.54, 1.807) is 0 Å². The minimum atomic E-state index is 0.380. The van der Waals surface area contributed by atoms with Gasteiger partial charge in [0.2, 0.25) is 0 Å². The normalized spacial score (nSPS) is 21.9. The van der Waals surface area contributed by atoms with Crippen molar-refractivity contribution in [2.24, 2.45) is 5.92 Å². The maximum Gasteiger partial charge on any atom is 0.0721 e. The molecule has 0 N–H and O–H groups in total. The highest BCUT2D eigenvalue weighted by Crippen LogP contribution is 2.11. The number of ether oxygens (including phenoxy) is 1. The molecular weight excluding hydrogens is 200 g/mol. The van der Waals surface area contributed by atoms with Crippen LogP contribution < -0.4 is 0 Å². The van der Waals surface area contributed by atoms with Crippen LogP contribution in [-0.2, 0) is 4.74 Å². The molecule has 1 unspecified atom stereocenters. The fraction of sp³-hybridized carbons (Fsp3) is 1.00. The quantitative estimate of drug-likeness (QED) is 0.712. The molecule has 1 rings (SSSR count). The maximum absolute atomic E-state index is 5.53. The first-order chi connectivity index (χ1) is 7.54. The van der Waals surface area contributed by atoms with Crippen LogP contribution in [0.3, 0.4) is 0 Å². The number of rotatable bonds is 5. The van der Waals surface area contributed by atoms with Crippen molar-refractivity contribution in [2.75, 3.05) is 39.8 Å². The third kappa shape index (κ3) is 4.04. The zero-order valence-electron chi connectivity index (χ0n) is 11.6. The van der Waals surface area contributed by atoms with Gasteiger partial charge in [-0.15, -0.1) is 0 Å². The van der Waals surface area contributed by atoms with E-state index in [0.717, 1.165) is 6.54 Å². The predicted octanol–water partition coefficient (Wildman–Crippen LogP) is 1.68. The van der Waals surface area contributed by atoms with Crippen molar-refractivity contribution in [3.05, 3.63) is 0 Å². The summed E-state index contributed by atoms with van der Waals surface area (Å²) in [4.78, 5) is 5.08. The highest BCUT2D eigenvalue weighted by molar-refractivity contribution is 4.77. The zero-order valence-corrected chi connectivity index (χ0v) is 11.6. The van der Waals surface area contributed by atoms with E-state index in [-0.39, 0.29) is 0 Å². The van der Waals surface area contributed by atoms with Crippen LogP contribution in [0.4, 0.5) is 0 Å². The molecule has 1 saturated heterocycles. The molecule has 0 aromatic rings. The van der Waals surface area contributed by atoms with Crippen molar-refractivity contribution in [1.29, 1.82) is 0 Å². The second-order valence-electron chi connectivity index (χ2n) is 5.45. The van der Waals surface area contributed by atoms with Crippen LogP contribution in [0.2, 0.25) is 0 Å². The van der Waals surface area contributed by atoms with Crippen molar-refractivity contribution < 1.29 is 4.74 Å². The smallest absolute Gasteiger partial charge is 0.0721 e. The maximum atomic E-state index is 5.53. The summed E-state index contributed by atoms with van der Waals surface area (Å²) < 4.78 is 5.53. The Kier molecular flexibility index (Phi) is 5.73. The minimum absolute atomic E-state index is 0.380. The predicted molar refractivity (Wildman–Crippen MR) is 68.8 cm³/mol. The molecule has 96 valence electrons. The van der Waals surface area contributed by atoms with Gasteiger partial charge in [0.25, 0.3) is 0 Å². The Morgan fingerprint density at radius 2 is 1.56 bits per heavy atom. The van der Waals surface area contributed by atoms with E-state index in [1.807, 2.05) is 7.11 Å². The van der Waals surface area contributed by atoms with Crippen molar-refractivity contribution in [3.63, 3.8) is 0 Å². The first-order valence-electron chi connectivity index (χ1n) is 6.53. The second-order valence-corrected chi connectivity index (χ2v) is 5.45. The topological polar surface area (TPSA) is 15.7 Å². The molecule has 0 aromatic heterocycles. The molecule has 1 fully saturated rings. The van der Waals surface area contributed by atoms with Gasteiger partial charge >= 0.3 is 0 Å². The average molecular weight is 228 g/mol. The second kappa shape index (κ2) is 6.58. The monoisotopic (exact) mass is 228 g/mol. The number of nitrogens with zero attached hydrogens (tertiary/aromatic N) is 2. The van der Waals surface area contributed by atoms with E-state index in [0.29, 0.717) is 18.1 Å². The Morgan fingerprint density at radius 3 is 1.94 bits per heavy atom. The first kappa shape index (κ1) is 13.9. The molecule has 1 heterocycles. The van der Waals surface area contributed by atoms with Crippen LogP contribution in [-0.4, -0.2) is 61.8 Å². The van der Waals surface area contributed by atoms with E-state index in [9.17, 15) is 0 Å². The van der Waals surface area contributed by atoms with E-state index in [4.69, 9.17) is 4.74 Å². The minimum Gasteiger partial charge on any atom is -0.380 e. The van der Waals surface area contributed by atoms with Crippen LogP contribution in [0.1, 0.15) is 27.7 Å². The Hall–Kier alpha value is -0.120. The molecular formula is C13H28N2O. The molecule has 1 atom stereocenters. The number of piperazine rings is 1. The summed E-state index contributed by atoms with van der Waals surface area (Å²) in [5, 5.41) is 0. The lowest BCUT2D eigenvalue weighted by atomic mass is 10.1. The van der Waals surface area contributed by atoms with Gasteiger partial charge in [0.1, 0.15) is 0 Å². The fourth-order valence-electron chi connectivity index (χ4n) is 2.27. The van der Waals surface area contributed by atoms with Gasteiger partial charge in [-0.2, -0.15) is 0 Å². The van der Waals surface area contributed by atoms with Gasteiger partial charge in [-0.25, -0.2) is 0 Å². The Bertz CT molecular complexity index is 186. The van der Waals surface area contributed by atoms with Crippen molar-refractivity contribution in [3.8, 4) is 0 Å². The highest BCUT2D eigenvalue weighted by Gasteiger charge is 2.22.